The van der Waals surface area contributed by atoms with Gasteiger partial charge in [0.2, 0.25) is 0 Å². The van der Waals surface area contributed by atoms with Crippen molar-refractivity contribution in [2.75, 3.05) is 26.2 Å². The van der Waals surface area contributed by atoms with Crippen LogP contribution < -0.4 is 0 Å². The number of aromatic nitrogens is 3. The zero-order chi connectivity index (χ0) is 15.8. The first-order chi connectivity index (χ1) is 11.3. The van der Waals surface area contributed by atoms with Gasteiger partial charge in [0.15, 0.2) is 0 Å². The van der Waals surface area contributed by atoms with Gasteiger partial charge in [-0.2, -0.15) is 5.10 Å². The van der Waals surface area contributed by atoms with E-state index in [2.05, 4.69) is 31.9 Å². The molecule has 6 nitrogen and oxygen atoms in total. The van der Waals surface area contributed by atoms with Crippen LogP contribution in [0.25, 0.3) is 0 Å². The monoisotopic (exact) mass is 319 g/mol. The molecule has 128 valence electrons. The van der Waals surface area contributed by atoms with Gasteiger partial charge in [0.05, 0.1) is 13.2 Å². The Balaban J connectivity index is 1.48. The molecular formula is C17H29N5O. The van der Waals surface area contributed by atoms with E-state index in [0.717, 1.165) is 43.6 Å². The minimum atomic E-state index is 0.310. The highest BCUT2D eigenvalue weighted by molar-refractivity contribution is 5.01. The number of aliphatic hydroxyl groups excluding tert-OH is 1. The quantitative estimate of drug-likeness (QED) is 0.868. The van der Waals surface area contributed by atoms with E-state index in [-0.39, 0.29) is 0 Å². The van der Waals surface area contributed by atoms with E-state index in [0.29, 0.717) is 24.6 Å². The maximum absolute atomic E-state index is 9.96. The molecule has 0 saturated carbocycles. The van der Waals surface area contributed by atoms with Gasteiger partial charge < -0.3 is 5.11 Å². The van der Waals surface area contributed by atoms with Gasteiger partial charge >= 0.3 is 0 Å². The molecule has 23 heavy (non-hydrogen) atoms. The Morgan fingerprint density at radius 2 is 2.13 bits per heavy atom. The topological polar surface area (TPSA) is 68.3 Å². The fourth-order valence-corrected chi connectivity index (χ4v) is 5.16. The Labute approximate surface area is 138 Å². The number of nitrogens with zero attached hydrogens (tertiary/aromatic N) is 4. The molecule has 0 aromatic carbocycles. The molecule has 4 rings (SSSR count). The lowest BCUT2D eigenvalue weighted by Crippen LogP contribution is -2.64. The van der Waals surface area contributed by atoms with Crippen molar-refractivity contribution < 1.29 is 5.11 Å². The maximum Gasteiger partial charge on any atom is 0.150 e. The summed E-state index contributed by atoms with van der Waals surface area (Å²) in [7, 11) is 0. The summed E-state index contributed by atoms with van der Waals surface area (Å²) in [4.78, 5) is 9.75. The van der Waals surface area contributed by atoms with Crippen LogP contribution in [0.15, 0.2) is 0 Å². The second kappa shape index (κ2) is 6.49. The normalized spacial score (nSPS) is 35.2. The van der Waals surface area contributed by atoms with Crippen molar-refractivity contribution in [1.29, 1.82) is 0 Å². The highest BCUT2D eigenvalue weighted by atomic mass is 16.3. The van der Waals surface area contributed by atoms with Gasteiger partial charge in [-0.25, -0.2) is 4.98 Å². The maximum atomic E-state index is 9.96. The fraction of sp³-hybridized carbons (Fsp3) is 0.882. The largest absolute Gasteiger partial charge is 0.395 e. The second-order valence-corrected chi connectivity index (χ2v) is 7.55. The molecule has 6 heteroatoms. The van der Waals surface area contributed by atoms with Crippen LogP contribution in [0, 0.1) is 11.8 Å². The van der Waals surface area contributed by atoms with Gasteiger partial charge in [-0.15, -0.1) is 0 Å². The second-order valence-electron chi connectivity index (χ2n) is 7.55. The van der Waals surface area contributed by atoms with E-state index >= 15 is 0 Å². The molecule has 2 bridgehead atoms. The zero-order valence-electron chi connectivity index (χ0n) is 14.1. The van der Waals surface area contributed by atoms with Crippen LogP contribution in [0.5, 0.6) is 0 Å². The number of nitrogens with one attached hydrogen (secondary N) is 1. The van der Waals surface area contributed by atoms with Crippen LogP contribution in [0.1, 0.15) is 44.3 Å². The first-order valence-electron chi connectivity index (χ1n) is 9.27. The van der Waals surface area contributed by atoms with E-state index < -0.39 is 0 Å². The highest BCUT2D eigenvalue weighted by Crippen LogP contribution is 2.41. The van der Waals surface area contributed by atoms with Crippen LogP contribution in [0.4, 0.5) is 0 Å². The van der Waals surface area contributed by atoms with Gasteiger partial charge in [0.25, 0.3) is 0 Å². The summed E-state index contributed by atoms with van der Waals surface area (Å²) in [6.45, 7) is 6.69. The molecule has 4 atom stereocenters. The summed E-state index contributed by atoms with van der Waals surface area (Å²) in [6, 6.07) is 1.04. The van der Waals surface area contributed by atoms with Crippen molar-refractivity contribution in [3.05, 3.63) is 11.6 Å². The Morgan fingerprint density at radius 1 is 1.26 bits per heavy atom. The molecule has 3 saturated heterocycles. The van der Waals surface area contributed by atoms with Gasteiger partial charge in [0.1, 0.15) is 11.6 Å². The highest BCUT2D eigenvalue weighted by Gasteiger charge is 2.46. The van der Waals surface area contributed by atoms with Crippen molar-refractivity contribution in [3.8, 4) is 0 Å². The number of hydrogen-bond acceptors (Lipinski definition) is 5. The number of aromatic amines is 1. The van der Waals surface area contributed by atoms with Crippen LogP contribution >= 0.6 is 0 Å². The van der Waals surface area contributed by atoms with E-state index in [4.69, 9.17) is 0 Å². The molecule has 0 radical (unpaired) electrons. The number of hydrogen-bond donors (Lipinski definition) is 2. The molecule has 0 amide bonds. The molecule has 3 aliphatic heterocycles. The van der Waals surface area contributed by atoms with Gasteiger partial charge in [0, 0.05) is 31.6 Å². The zero-order valence-corrected chi connectivity index (χ0v) is 14.1. The number of likely N-dealkylation sites (tertiary alicyclic amines) is 1. The predicted octanol–water partition coefficient (Wildman–Crippen LogP) is 1.03. The van der Waals surface area contributed by atoms with Crippen molar-refractivity contribution in [1.82, 2.24) is 25.0 Å². The third kappa shape index (κ3) is 2.92. The SMILES string of the molecule is CCc1n[nH]c(CN2C[C@H]3C[C@@H](C2)[C@H](CO)N2CCCC[C@@H]32)n1. The van der Waals surface area contributed by atoms with E-state index in [1.54, 1.807) is 0 Å². The Hall–Kier alpha value is -0.980. The Kier molecular flexibility index (Phi) is 4.39. The summed E-state index contributed by atoms with van der Waals surface area (Å²) in [5, 5.41) is 17.3. The number of rotatable bonds is 4. The minimum absolute atomic E-state index is 0.310. The summed E-state index contributed by atoms with van der Waals surface area (Å²) < 4.78 is 0. The molecule has 3 fully saturated rings. The Bertz CT molecular complexity index is 519. The van der Waals surface area contributed by atoms with Crippen LogP contribution in [0.3, 0.4) is 0 Å². The summed E-state index contributed by atoms with van der Waals surface area (Å²) >= 11 is 0. The molecule has 2 N–H and O–H groups in total. The molecule has 1 aromatic rings. The first kappa shape index (κ1) is 15.5. The number of aryl methyl sites for hydroxylation is 1. The van der Waals surface area contributed by atoms with Crippen molar-refractivity contribution >= 4 is 0 Å². The predicted molar refractivity (Wildman–Crippen MR) is 87.9 cm³/mol. The molecule has 0 aliphatic carbocycles. The number of aliphatic hydroxyl groups is 1. The van der Waals surface area contributed by atoms with Gasteiger partial charge in [-0.05, 0) is 37.6 Å². The lowest BCUT2D eigenvalue weighted by atomic mass is 9.72. The molecule has 0 spiro atoms. The first-order valence-corrected chi connectivity index (χ1v) is 9.27. The van der Waals surface area contributed by atoms with E-state index in [9.17, 15) is 5.11 Å². The number of H-pyrrole nitrogens is 1. The minimum Gasteiger partial charge on any atom is -0.395 e. The van der Waals surface area contributed by atoms with Gasteiger partial charge in [-0.3, -0.25) is 14.9 Å². The summed E-state index contributed by atoms with van der Waals surface area (Å²) in [5.41, 5.74) is 0. The fourth-order valence-electron chi connectivity index (χ4n) is 5.16. The summed E-state index contributed by atoms with van der Waals surface area (Å²) in [6.07, 6.45) is 6.13. The van der Waals surface area contributed by atoms with Crippen molar-refractivity contribution in [2.45, 2.75) is 57.7 Å². The van der Waals surface area contributed by atoms with Crippen LogP contribution in [-0.4, -0.2) is 68.4 Å². The molecule has 4 heterocycles. The standard InChI is InChI=1S/C17H29N5O/c1-2-16-18-17(20-19-16)10-21-8-12-7-13(9-21)15(11-23)22-6-4-3-5-14(12)22/h12-15,23H,2-11H2,1H3,(H,18,19,20)/t12-,13+,14+,15+/m1/s1. The van der Waals surface area contributed by atoms with Crippen molar-refractivity contribution in [2.24, 2.45) is 11.8 Å². The van der Waals surface area contributed by atoms with Crippen LogP contribution in [0.2, 0.25) is 0 Å². The van der Waals surface area contributed by atoms with E-state index in [1.807, 2.05) is 0 Å². The van der Waals surface area contributed by atoms with Crippen LogP contribution in [-0.2, 0) is 13.0 Å². The molecule has 3 aliphatic rings. The third-order valence-electron chi connectivity index (χ3n) is 6.15. The molecule has 1 aromatic heterocycles. The van der Waals surface area contributed by atoms with Crippen molar-refractivity contribution in [3.63, 3.8) is 0 Å². The van der Waals surface area contributed by atoms with E-state index in [1.165, 1.54) is 32.2 Å². The lowest BCUT2D eigenvalue weighted by Gasteiger charge is -2.56. The average Bonchev–Trinajstić information content (AvgIpc) is 3.03. The Morgan fingerprint density at radius 3 is 2.91 bits per heavy atom. The summed E-state index contributed by atoms with van der Waals surface area (Å²) in [5.74, 6) is 3.25. The third-order valence-corrected chi connectivity index (χ3v) is 6.15. The van der Waals surface area contributed by atoms with Gasteiger partial charge in [-0.1, -0.05) is 13.3 Å². The number of piperidine rings is 3. The average molecular weight is 319 g/mol. The smallest absolute Gasteiger partial charge is 0.150 e. The lowest BCUT2D eigenvalue weighted by molar-refractivity contribution is -0.0878. The molecule has 0 unspecified atom stereocenters. The molecular weight excluding hydrogens is 290 g/mol. The number of fused-ring (bicyclic) bond motifs is 4.